The molecule has 1 aliphatic heterocycles. The summed E-state index contributed by atoms with van der Waals surface area (Å²) in [6, 6.07) is 0. The van der Waals surface area contributed by atoms with Crippen LogP contribution in [0, 0.1) is 29.6 Å². The van der Waals surface area contributed by atoms with Crippen LogP contribution < -0.4 is 5.32 Å². The van der Waals surface area contributed by atoms with Crippen molar-refractivity contribution in [1.29, 1.82) is 0 Å². The maximum atomic E-state index is 3.38. The summed E-state index contributed by atoms with van der Waals surface area (Å²) in [5.41, 5.74) is 0. The molecule has 1 saturated carbocycles. The van der Waals surface area contributed by atoms with Gasteiger partial charge in [-0.15, -0.1) is 0 Å². The molecule has 0 bridgehead atoms. The van der Waals surface area contributed by atoms with Crippen molar-refractivity contribution in [3.63, 3.8) is 0 Å². The van der Waals surface area contributed by atoms with Crippen molar-refractivity contribution in [3.8, 4) is 0 Å². The lowest BCUT2D eigenvalue weighted by Crippen LogP contribution is -2.49. The Hall–Kier alpha value is -0.0400. The van der Waals surface area contributed by atoms with Gasteiger partial charge in [-0.2, -0.15) is 0 Å². The summed E-state index contributed by atoms with van der Waals surface area (Å²) in [6.07, 6.45) is 3.02. The van der Waals surface area contributed by atoms with E-state index in [1.165, 1.54) is 25.9 Å². The van der Waals surface area contributed by atoms with Crippen molar-refractivity contribution in [2.75, 3.05) is 13.1 Å². The maximum absolute atomic E-state index is 3.38. The van der Waals surface area contributed by atoms with Crippen LogP contribution >= 0.6 is 0 Å². The van der Waals surface area contributed by atoms with Gasteiger partial charge in [0.2, 0.25) is 0 Å². The minimum absolute atomic E-state index is 0.919. The summed E-state index contributed by atoms with van der Waals surface area (Å²) in [7, 11) is 0. The Kier molecular flexibility index (Phi) is 2.64. The third-order valence-electron chi connectivity index (χ3n) is 4.45. The first-order valence-electron chi connectivity index (χ1n) is 5.89. The van der Waals surface area contributed by atoms with Gasteiger partial charge in [0.25, 0.3) is 0 Å². The van der Waals surface area contributed by atoms with E-state index in [4.69, 9.17) is 0 Å². The van der Waals surface area contributed by atoms with Crippen LogP contribution in [0.3, 0.4) is 0 Å². The van der Waals surface area contributed by atoms with E-state index >= 15 is 0 Å². The van der Waals surface area contributed by atoms with Gasteiger partial charge in [0, 0.05) is 0 Å². The Morgan fingerprint density at radius 2 is 1.54 bits per heavy atom. The second-order valence-corrected chi connectivity index (χ2v) is 5.51. The summed E-state index contributed by atoms with van der Waals surface area (Å²) in [5, 5.41) is 3.38. The van der Waals surface area contributed by atoms with Crippen LogP contribution in [0.15, 0.2) is 0 Å². The third kappa shape index (κ3) is 1.76. The van der Waals surface area contributed by atoms with E-state index in [2.05, 4.69) is 26.1 Å². The summed E-state index contributed by atoms with van der Waals surface area (Å²) in [6.45, 7) is 9.77. The second-order valence-electron chi connectivity index (χ2n) is 5.51. The Morgan fingerprint density at radius 1 is 0.923 bits per heavy atom. The van der Waals surface area contributed by atoms with Crippen molar-refractivity contribution >= 4 is 0 Å². The number of hydrogen-bond donors (Lipinski definition) is 1. The quantitative estimate of drug-likeness (QED) is 0.705. The molecular weight excluding hydrogens is 158 g/mol. The molecule has 0 aromatic carbocycles. The molecule has 1 nitrogen and oxygen atoms in total. The van der Waals surface area contributed by atoms with Gasteiger partial charge in [-0.05, 0) is 55.5 Å². The smallest absolute Gasteiger partial charge is 0.000559 e. The molecule has 1 saturated heterocycles. The Bertz CT molecular complexity index is 166. The molecule has 2 rings (SSSR count). The van der Waals surface area contributed by atoms with Crippen LogP contribution in [0.4, 0.5) is 0 Å². The topological polar surface area (TPSA) is 12.0 Å². The molecule has 2 fully saturated rings. The van der Waals surface area contributed by atoms with Crippen molar-refractivity contribution in [2.45, 2.75) is 33.6 Å². The molecular formula is C12H23N. The van der Waals surface area contributed by atoms with Crippen molar-refractivity contribution in [2.24, 2.45) is 29.6 Å². The van der Waals surface area contributed by atoms with Gasteiger partial charge < -0.3 is 5.32 Å². The lowest BCUT2D eigenvalue weighted by molar-refractivity contribution is 0.0515. The molecule has 0 spiro atoms. The molecule has 1 unspecified atom stereocenters. The largest absolute Gasteiger partial charge is 0.316 e. The van der Waals surface area contributed by atoms with E-state index in [0.717, 1.165) is 29.6 Å². The van der Waals surface area contributed by atoms with Crippen molar-refractivity contribution < 1.29 is 0 Å². The van der Waals surface area contributed by atoms with Gasteiger partial charge >= 0.3 is 0 Å². The Morgan fingerprint density at radius 3 is 1.92 bits per heavy atom. The van der Waals surface area contributed by atoms with Gasteiger partial charge in [0.1, 0.15) is 0 Å². The third-order valence-corrected chi connectivity index (χ3v) is 4.45. The average molecular weight is 181 g/mol. The predicted octanol–water partition coefficient (Wildman–Crippen LogP) is 2.52. The van der Waals surface area contributed by atoms with Gasteiger partial charge in [-0.25, -0.2) is 0 Å². The lowest BCUT2D eigenvalue weighted by atomic mass is 9.62. The van der Waals surface area contributed by atoms with E-state index in [0.29, 0.717) is 0 Å². The molecule has 1 heterocycles. The zero-order valence-corrected chi connectivity index (χ0v) is 9.22. The SMILES string of the molecule is CC(C)C1CC(C(C)C2CNC2)C1. The molecule has 0 radical (unpaired) electrons. The maximum Gasteiger partial charge on any atom is -0.000559 e. The first kappa shape index (κ1) is 9.51. The fourth-order valence-corrected chi connectivity index (χ4v) is 2.75. The minimum Gasteiger partial charge on any atom is -0.316 e. The van der Waals surface area contributed by atoms with Crippen LogP contribution in [0.5, 0.6) is 0 Å². The van der Waals surface area contributed by atoms with Crippen molar-refractivity contribution in [3.05, 3.63) is 0 Å². The molecule has 0 aromatic rings. The van der Waals surface area contributed by atoms with E-state index in [1.807, 2.05) is 0 Å². The van der Waals surface area contributed by atoms with Crippen LogP contribution in [0.1, 0.15) is 33.6 Å². The highest BCUT2D eigenvalue weighted by Crippen LogP contribution is 2.45. The number of hydrogen-bond acceptors (Lipinski definition) is 1. The zero-order chi connectivity index (χ0) is 9.42. The fourth-order valence-electron chi connectivity index (χ4n) is 2.75. The fraction of sp³-hybridized carbons (Fsp3) is 1.00. The van der Waals surface area contributed by atoms with E-state index < -0.39 is 0 Å². The summed E-state index contributed by atoms with van der Waals surface area (Å²) in [5.74, 6) is 5.00. The number of rotatable bonds is 3. The van der Waals surface area contributed by atoms with Crippen LogP contribution in [-0.4, -0.2) is 13.1 Å². The van der Waals surface area contributed by atoms with E-state index in [-0.39, 0.29) is 0 Å². The summed E-state index contributed by atoms with van der Waals surface area (Å²) < 4.78 is 0. The standard InChI is InChI=1S/C12H23N/c1-8(2)10-4-11(5-10)9(3)12-6-13-7-12/h8-13H,4-7H2,1-3H3. The Labute approximate surface area is 82.3 Å². The first-order chi connectivity index (χ1) is 6.18. The molecule has 1 heteroatoms. The number of nitrogens with one attached hydrogen (secondary N) is 1. The summed E-state index contributed by atoms with van der Waals surface area (Å²) >= 11 is 0. The molecule has 1 N–H and O–H groups in total. The second kappa shape index (κ2) is 3.61. The van der Waals surface area contributed by atoms with E-state index in [1.54, 1.807) is 0 Å². The van der Waals surface area contributed by atoms with Gasteiger partial charge in [-0.3, -0.25) is 0 Å². The highest BCUT2D eigenvalue weighted by Gasteiger charge is 2.38. The molecule has 1 atom stereocenters. The minimum atomic E-state index is 0.919. The average Bonchev–Trinajstić information content (AvgIpc) is 1.76. The van der Waals surface area contributed by atoms with Crippen molar-refractivity contribution in [1.82, 2.24) is 5.32 Å². The molecule has 0 aromatic heterocycles. The molecule has 0 amide bonds. The normalized spacial score (nSPS) is 36.9. The highest BCUT2D eigenvalue weighted by molar-refractivity contribution is 4.90. The molecule has 76 valence electrons. The first-order valence-corrected chi connectivity index (χ1v) is 5.89. The van der Waals surface area contributed by atoms with Crippen LogP contribution in [-0.2, 0) is 0 Å². The Balaban J connectivity index is 1.72. The van der Waals surface area contributed by atoms with Crippen LogP contribution in [0.25, 0.3) is 0 Å². The zero-order valence-electron chi connectivity index (χ0n) is 9.22. The summed E-state index contributed by atoms with van der Waals surface area (Å²) in [4.78, 5) is 0. The highest BCUT2D eigenvalue weighted by atomic mass is 15.0. The van der Waals surface area contributed by atoms with E-state index in [9.17, 15) is 0 Å². The van der Waals surface area contributed by atoms with Crippen LogP contribution in [0.2, 0.25) is 0 Å². The molecule has 2 aliphatic rings. The monoisotopic (exact) mass is 181 g/mol. The lowest BCUT2D eigenvalue weighted by Gasteiger charge is -2.46. The van der Waals surface area contributed by atoms with Gasteiger partial charge in [0.15, 0.2) is 0 Å². The molecule has 1 aliphatic carbocycles. The van der Waals surface area contributed by atoms with Gasteiger partial charge in [0.05, 0.1) is 0 Å². The van der Waals surface area contributed by atoms with Gasteiger partial charge in [-0.1, -0.05) is 20.8 Å². The predicted molar refractivity (Wildman–Crippen MR) is 56.6 cm³/mol. The molecule has 13 heavy (non-hydrogen) atoms.